The Balaban J connectivity index is 1.76. The summed E-state index contributed by atoms with van der Waals surface area (Å²) >= 11 is 6.60. The number of piperidine rings is 1. The minimum Gasteiger partial charge on any atom is -0.408 e. The summed E-state index contributed by atoms with van der Waals surface area (Å²) in [5.41, 5.74) is 2.30. The number of likely N-dealkylation sites (tertiary alicyclic amines) is 1. The Hall–Kier alpha value is -1.26. The Morgan fingerprint density at radius 3 is 3.14 bits per heavy atom. The van der Waals surface area contributed by atoms with Crippen molar-refractivity contribution in [1.82, 2.24) is 9.88 Å². The van der Waals surface area contributed by atoms with E-state index in [2.05, 4.69) is 16.8 Å². The summed E-state index contributed by atoms with van der Waals surface area (Å²) in [6.07, 6.45) is 5.02. The van der Waals surface area contributed by atoms with E-state index in [9.17, 15) is 4.79 Å². The first kappa shape index (κ1) is 14.7. The molecule has 0 amide bonds. The molecule has 0 saturated carbocycles. The van der Waals surface area contributed by atoms with Gasteiger partial charge in [-0.1, -0.05) is 19.4 Å². The zero-order chi connectivity index (χ0) is 14.8. The molecule has 2 atom stereocenters. The summed E-state index contributed by atoms with van der Waals surface area (Å²) in [4.78, 5) is 16.4. The summed E-state index contributed by atoms with van der Waals surface area (Å²) < 4.78 is 5.11. The van der Waals surface area contributed by atoms with Crippen LogP contribution in [0.4, 0.5) is 0 Å². The van der Waals surface area contributed by atoms with E-state index in [4.69, 9.17) is 16.0 Å². The number of oxazole rings is 1. The standard InChI is InChI=1S/C16H21ClN2O2/c1-2-12-5-3-4-8-19(12)10-13(17)11-6-7-14-15(9-11)21-16(20)18-14/h6-7,9,12-13H,2-5,8,10H2,1H3,(H,18,20). The number of fused-ring (bicyclic) bond motifs is 1. The fourth-order valence-electron chi connectivity index (χ4n) is 3.23. The number of halogens is 1. The number of benzene rings is 1. The van der Waals surface area contributed by atoms with Crippen molar-refractivity contribution in [2.75, 3.05) is 13.1 Å². The maximum atomic E-state index is 11.2. The van der Waals surface area contributed by atoms with Crippen molar-refractivity contribution in [3.8, 4) is 0 Å². The molecule has 0 radical (unpaired) electrons. The third-order valence-electron chi connectivity index (χ3n) is 4.42. The average molecular weight is 309 g/mol. The number of H-pyrrole nitrogens is 1. The van der Waals surface area contributed by atoms with E-state index in [-0.39, 0.29) is 5.38 Å². The zero-order valence-electron chi connectivity index (χ0n) is 12.3. The van der Waals surface area contributed by atoms with Crippen LogP contribution < -0.4 is 5.76 Å². The van der Waals surface area contributed by atoms with Crippen molar-refractivity contribution >= 4 is 22.7 Å². The van der Waals surface area contributed by atoms with Crippen LogP contribution in [0.25, 0.3) is 11.1 Å². The summed E-state index contributed by atoms with van der Waals surface area (Å²) in [5, 5.41) is -0.0817. The second-order valence-electron chi connectivity index (χ2n) is 5.79. The fourth-order valence-corrected chi connectivity index (χ4v) is 3.54. The van der Waals surface area contributed by atoms with Gasteiger partial charge in [0.25, 0.3) is 0 Å². The molecule has 2 heterocycles. The highest BCUT2D eigenvalue weighted by atomic mass is 35.5. The molecule has 0 aliphatic carbocycles. The molecule has 1 aromatic carbocycles. The number of hydrogen-bond acceptors (Lipinski definition) is 3. The molecule has 1 aromatic heterocycles. The van der Waals surface area contributed by atoms with Gasteiger partial charge in [-0.15, -0.1) is 11.6 Å². The van der Waals surface area contributed by atoms with Crippen LogP contribution in [0.1, 0.15) is 43.5 Å². The molecule has 4 nitrogen and oxygen atoms in total. The molecule has 0 bridgehead atoms. The zero-order valence-corrected chi connectivity index (χ0v) is 13.0. The Bertz CT molecular complexity index is 664. The lowest BCUT2D eigenvalue weighted by Gasteiger charge is -2.36. The molecule has 21 heavy (non-hydrogen) atoms. The highest BCUT2D eigenvalue weighted by Gasteiger charge is 2.23. The summed E-state index contributed by atoms with van der Waals surface area (Å²) in [5.74, 6) is -0.421. The van der Waals surface area contributed by atoms with Crippen LogP contribution in [0.2, 0.25) is 0 Å². The number of hydrogen-bond donors (Lipinski definition) is 1. The highest BCUT2D eigenvalue weighted by molar-refractivity contribution is 6.21. The first-order valence-electron chi connectivity index (χ1n) is 7.68. The van der Waals surface area contributed by atoms with Crippen LogP contribution in [-0.4, -0.2) is 29.0 Å². The van der Waals surface area contributed by atoms with Gasteiger partial charge in [-0.25, -0.2) is 4.79 Å². The molecule has 2 unspecified atom stereocenters. The van der Waals surface area contributed by atoms with Crippen molar-refractivity contribution in [2.24, 2.45) is 0 Å². The maximum Gasteiger partial charge on any atom is 0.417 e. The van der Waals surface area contributed by atoms with Crippen LogP contribution in [0.15, 0.2) is 27.4 Å². The molecule has 1 N–H and O–H groups in total. The van der Waals surface area contributed by atoms with Gasteiger partial charge in [-0.2, -0.15) is 0 Å². The smallest absolute Gasteiger partial charge is 0.408 e. The first-order chi connectivity index (χ1) is 10.2. The van der Waals surface area contributed by atoms with Crippen LogP contribution in [0.3, 0.4) is 0 Å². The fraction of sp³-hybridized carbons (Fsp3) is 0.562. The van der Waals surface area contributed by atoms with Gasteiger partial charge in [0.2, 0.25) is 0 Å². The van der Waals surface area contributed by atoms with E-state index >= 15 is 0 Å². The van der Waals surface area contributed by atoms with Crippen LogP contribution in [0.5, 0.6) is 0 Å². The molecule has 1 aliphatic rings. The van der Waals surface area contributed by atoms with Gasteiger partial charge in [-0.05, 0) is 43.5 Å². The quantitative estimate of drug-likeness (QED) is 0.877. The number of aromatic amines is 1. The number of rotatable bonds is 4. The molecule has 3 rings (SSSR count). The van der Waals surface area contributed by atoms with Gasteiger partial charge < -0.3 is 4.42 Å². The predicted octanol–water partition coefficient (Wildman–Crippen LogP) is 3.67. The van der Waals surface area contributed by atoms with Gasteiger partial charge >= 0.3 is 5.76 Å². The van der Waals surface area contributed by atoms with Crippen LogP contribution >= 0.6 is 11.6 Å². The minimum absolute atomic E-state index is 0.0817. The number of nitrogens with one attached hydrogen (secondary N) is 1. The maximum absolute atomic E-state index is 11.2. The molecule has 114 valence electrons. The second-order valence-corrected chi connectivity index (χ2v) is 6.32. The minimum atomic E-state index is -0.421. The van der Waals surface area contributed by atoms with Crippen molar-refractivity contribution in [2.45, 2.75) is 44.0 Å². The Morgan fingerprint density at radius 1 is 1.48 bits per heavy atom. The van der Waals surface area contributed by atoms with E-state index < -0.39 is 5.76 Å². The van der Waals surface area contributed by atoms with Crippen molar-refractivity contribution in [1.29, 1.82) is 0 Å². The van der Waals surface area contributed by atoms with Gasteiger partial charge in [0.15, 0.2) is 5.58 Å². The summed E-state index contributed by atoms with van der Waals surface area (Å²) in [6.45, 7) is 4.22. The van der Waals surface area contributed by atoms with E-state index in [1.54, 1.807) is 0 Å². The lowest BCUT2D eigenvalue weighted by molar-refractivity contribution is 0.144. The van der Waals surface area contributed by atoms with E-state index in [1.165, 1.54) is 25.7 Å². The third-order valence-corrected chi connectivity index (χ3v) is 4.81. The molecule has 0 spiro atoms. The van der Waals surface area contributed by atoms with Crippen LogP contribution in [-0.2, 0) is 0 Å². The Kier molecular flexibility index (Phi) is 4.36. The predicted molar refractivity (Wildman–Crippen MR) is 84.9 cm³/mol. The van der Waals surface area contributed by atoms with Crippen molar-refractivity contribution in [3.63, 3.8) is 0 Å². The van der Waals surface area contributed by atoms with Crippen molar-refractivity contribution < 1.29 is 4.42 Å². The molecule has 1 fully saturated rings. The first-order valence-corrected chi connectivity index (χ1v) is 8.12. The lowest BCUT2D eigenvalue weighted by Crippen LogP contribution is -2.40. The van der Waals surface area contributed by atoms with E-state index in [0.29, 0.717) is 11.6 Å². The van der Waals surface area contributed by atoms with E-state index in [0.717, 1.165) is 24.2 Å². The normalized spacial score (nSPS) is 21.7. The number of nitrogens with zero attached hydrogens (tertiary/aromatic N) is 1. The van der Waals surface area contributed by atoms with Gasteiger partial charge in [0.1, 0.15) is 0 Å². The molecular weight excluding hydrogens is 288 g/mol. The van der Waals surface area contributed by atoms with Crippen molar-refractivity contribution in [3.05, 3.63) is 34.3 Å². The van der Waals surface area contributed by atoms with Gasteiger partial charge in [0.05, 0.1) is 10.9 Å². The van der Waals surface area contributed by atoms with Crippen LogP contribution in [0, 0.1) is 0 Å². The average Bonchev–Trinajstić information content (AvgIpc) is 2.86. The largest absolute Gasteiger partial charge is 0.417 e. The third kappa shape index (κ3) is 3.16. The molecule has 2 aromatic rings. The molecular formula is C16H21ClN2O2. The Morgan fingerprint density at radius 2 is 2.33 bits per heavy atom. The van der Waals surface area contributed by atoms with E-state index in [1.807, 2.05) is 18.2 Å². The molecule has 1 aliphatic heterocycles. The number of alkyl halides is 1. The van der Waals surface area contributed by atoms with Gasteiger partial charge in [-0.3, -0.25) is 9.88 Å². The molecule has 5 heteroatoms. The SMILES string of the molecule is CCC1CCCCN1CC(Cl)c1ccc2[nH]c(=O)oc2c1. The molecule has 1 saturated heterocycles. The highest BCUT2D eigenvalue weighted by Crippen LogP contribution is 2.28. The topological polar surface area (TPSA) is 49.2 Å². The summed E-state index contributed by atoms with van der Waals surface area (Å²) in [6, 6.07) is 6.35. The number of aromatic nitrogens is 1. The second kappa shape index (κ2) is 6.24. The lowest BCUT2D eigenvalue weighted by atomic mass is 9.99. The summed E-state index contributed by atoms with van der Waals surface area (Å²) in [7, 11) is 0. The van der Waals surface area contributed by atoms with Gasteiger partial charge in [0, 0.05) is 12.6 Å². The Labute approximate surface area is 129 Å². The monoisotopic (exact) mass is 308 g/mol.